The van der Waals surface area contributed by atoms with Crippen LogP contribution in [0.25, 0.3) is 11.0 Å². The molecular formula is C28H29FN4O3. The third kappa shape index (κ3) is 3.99. The van der Waals surface area contributed by atoms with Gasteiger partial charge in [0.05, 0.1) is 22.9 Å². The Hall–Kier alpha value is -3.52. The molecule has 3 atom stereocenters. The van der Waals surface area contributed by atoms with Crippen molar-refractivity contribution in [2.75, 3.05) is 25.6 Å². The van der Waals surface area contributed by atoms with E-state index in [0.29, 0.717) is 58.5 Å². The number of nitrogens with one attached hydrogen (secondary N) is 2. The first-order chi connectivity index (χ1) is 17.5. The fraction of sp³-hybridized carbons (Fsp3) is 0.393. The molecule has 0 unspecified atom stereocenters. The highest BCUT2D eigenvalue weighted by atomic mass is 19.1. The highest BCUT2D eigenvalue weighted by Gasteiger charge is 2.62. The topological polar surface area (TPSA) is 85.2 Å². The number of fused-ring (bicyclic) bond motifs is 1. The lowest BCUT2D eigenvalue weighted by atomic mass is 9.89. The average Bonchev–Trinajstić information content (AvgIpc) is 3.37. The van der Waals surface area contributed by atoms with Gasteiger partial charge in [-0.25, -0.2) is 9.37 Å². The highest BCUT2D eigenvalue weighted by Crippen LogP contribution is 2.69. The first kappa shape index (κ1) is 22.9. The zero-order chi connectivity index (χ0) is 24.9. The van der Waals surface area contributed by atoms with E-state index >= 15 is 0 Å². The second-order valence-corrected chi connectivity index (χ2v) is 10.3. The summed E-state index contributed by atoms with van der Waals surface area (Å²) in [7, 11) is 1.45. The van der Waals surface area contributed by atoms with Gasteiger partial charge >= 0.3 is 0 Å². The van der Waals surface area contributed by atoms with Gasteiger partial charge in [0.2, 0.25) is 5.91 Å². The number of allylic oxidation sites excluding steroid dienone is 2. The molecule has 2 saturated carbocycles. The molecule has 7 nitrogen and oxygen atoms in total. The van der Waals surface area contributed by atoms with E-state index in [0.717, 1.165) is 12.0 Å². The maximum atomic E-state index is 13.6. The van der Waals surface area contributed by atoms with Gasteiger partial charge < -0.3 is 19.9 Å². The summed E-state index contributed by atoms with van der Waals surface area (Å²) in [4.78, 5) is 30.2. The number of ether oxygens (including phenoxy) is 1. The van der Waals surface area contributed by atoms with Crippen molar-refractivity contribution in [3.63, 3.8) is 0 Å². The molecule has 2 aromatic carbocycles. The Morgan fingerprint density at radius 3 is 2.72 bits per heavy atom. The van der Waals surface area contributed by atoms with E-state index in [4.69, 9.17) is 4.74 Å². The fourth-order valence-electron chi connectivity index (χ4n) is 6.36. The molecule has 3 aliphatic carbocycles. The van der Waals surface area contributed by atoms with Gasteiger partial charge in [-0.1, -0.05) is 24.3 Å². The standard InChI is InChI=1S/C28H29FN4O3/c1-36-15-25(34)32-21-11-22(27(35)30-13-18-10-19-4-7-23(18)28(19)8-9-28)26-24(12-21)31-16-33(26)14-17-2-5-20(29)6-3-17/h2-7,11-12,16,18-19,23H,8-10,13-15H2,1H3,(H,30,35)(H,32,34)/t18-,19+,23+/m0/s1. The van der Waals surface area contributed by atoms with Gasteiger partial charge in [0.1, 0.15) is 12.4 Å². The summed E-state index contributed by atoms with van der Waals surface area (Å²) in [6, 6.07) is 9.71. The van der Waals surface area contributed by atoms with Crippen LogP contribution in [0.5, 0.6) is 0 Å². The van der Waals surface area contributed by atoms with Gasteiger partial charge in [-0.05, 0) is 72.3 Å². The summed E-state index contributed by atoms with van der Waals surface area (Å²) in [5.74, 6) is 0.877. The third-order valence-electron chi connectivity index (χ3n) is 8.15. The largest absolute Gasteiger partial charge is 0.375 e. The predicted molar refractivity (Wildman–Crippen MR) is 134 cm³/mol. The number of benzene rings is 2. The lowest BCUT2D eigenvalue weighted by Crippen LogP contribution is -2.32. The number of methoxy groups -OCH3 is 1. The van der Waals surface area contributed by atoms with Crippen LogP contribution in [0, 0.1) is 29.0 Å². The molecule has 0 radical (unpaired) electrons. The molecule has 1 heterocycles. The van der Waals surface area contributed by atoms with Crippen LogP contribution in [0.3, 0.4) is 0 Å². The number of carbonyl (C=O) groups is 2. The Bertz CT molecular complexity index is 1360. The first-order valence-corrected chi connectivity index (χ1v) is 12.5. The summed E-state index contributed by atoms with van der Waals surface area (Å²) < 4.78 is 20.2. The smallest absolute Gasteiger partial charge is 0.253 e. The van der Waals surface area contributed by atoms with E-state index in [9.17, 15) is 14.0 Å². The SMILES string of the molecule is COCC(=O)Nc1cc(C(=O)NC[C@@H]2C[C@H]3C=C[C@H]2C32CC2)c2c(c1)ncn2Cc1ccc(F)cc1. The van der Waals surface area contributed by atoms with Crippen molar-refractivity contribution in [1.82, 2.24) is 14.9 Å². The molecule has 2 N–H and O–H groups in total. The van der Waals surface area contributed by atoms with Gasteiger partial charge in [-0.2, -0.15) is 0 Å². The maximum Gasteiger partial charge on any atom is 0.253 e. The van der Waals surface area contributed by atoms with Crippen molar-refractivity contribution < 1.29 is 18.7 Å². The van der Waals surface area contributed by atoms with Gasteiger partial charge in [0, 0.05) is 25.9 Å². The number of halogens is 1. The molecule has 8 heteroatoms. The van der Waals surface area contributed by atoms with Gasteiger partial charge in [0.15, 0.2) is 0 Å². The monoisotopic (exact) mass is 488 g/mol. The van der Waals surface area contributed by atoms with Crippen LogP contribution < -0.4 is 10.6 Å². The minimum absolute atomic E-state index is 0.0852. The summed E-state index contributed by atoms with van der Waals surface area (Å²) in [6.45, 7) is 0.976. The molecule has 3 aromatic rings. The predicted octanol–water partition coefficient (Wildman–Crippen LogP) is 4.14. The highest BCUT2D eigenvalue weighted by molar-refractivity contribution is 6.07. The molecule has 1 spiro atoms. The maximum absolute atomic E-state index is 13.6. The second kappa shape index (κ2) is 8.85. The minimum atomic E-state index is -0.308. The number of hydrogen-bond donors (Lipinski definition) is 2. The molecule has 3 aliphatic rings. The quantitative estimate of drug-likeness (QED) is 0.467. The molecule has 186 valence electrons. The normalized spacial score (nSPS) is 22.9. The zero-order valence-corrected chi connectivity index (χ0v) is 20.2. The zero-order valence-electron chi connectivity index (χ0n) is 20.2. The number of amides is 2. The molecule has 0 aliphatic heterocycles. The second-order valence-electron chi connectivity index (χ2n) is 10.3. The van der Waals surface area contributed by atoms with Crippen molar-refractivity contribution >= 4 is 28.5 Å². The van der Waals surface area contributed by atoms with E-state index in [-0.39, 0.29) is 24.2 Å². The van der Waals surface area contributed by atoms with Crippen LogP contribution in [0.2, 0.25) is 0 Å². The van der Waals surface area contributed by atoms with E-state index in [1.807, 2.05) is 4.57 Å². The van der Waals surface area contributed by atoms with E-state index < -0.39 is 0 Å². The third-order valence-corrected chi connectivity index (χ3v) is 8.15. The van der Waals surface area contributed by atoms with Crippen molar-refractivity contribution in [3.8, 4) is 0 Å². The summed E-state index contributed by atoms with van der Waals surface area (Å²) >= 11 is 0. The van der Waals surface area contributed by atoms with E-state index in [1.165, 1.54) is 32.1 Å². The van der Waals surface area contributed by atoms with Crippen LogP contribution in [0.1, 0.15) is 35.2 Å². The Morgan fingerprint density at radius 1 is 1.19 bits per heavy atom. The van der Waals surface area contributed by atoms with Gasteiger partial charge in [0.25, 0.3) is 5.91 Å². The Morgan fingerprint density at radius 2 is 2.00 bits per heavy atom. The first-order valence-electron chi connectivity index (χ1n) is 12.5. The van der Waals surface area contributed by atoms with Crippen LogP contribution in [-0.2, 0) is 16.1 Å². The summed E-state index contributed by atoms with van der Waals surface area (Å²) in [5.41, 5.74) is 3.57. The van der Waals surface area contributed by atoms with Crippen LogP contribution in [0.15, 0.2) is 54.9 Å². The van der Waals surface area contributed by atoms with Crippen LogP contribution in [0.4, 0.5) is 10.1 Å². The van der Waals surface area contributed by atoms with Crippen LogP contribution in [-0.4, -0.2) is 41.6 Å². The average molecular weight is 489 g/mol. The number of imidazole rings is 1. The molecule has 36 heavy (non-hydrogen) atoms. The number of carbonyl (C=O) groups excluding carboxylic acids is 2. The Balaban J connectivity index is 1.28. The number of aromatic nitrogens is 2. The molecule has 2 bridgehead atoms. The molecule has 2 fully saturated rings. The molecule has 2 amide bonds. The molecular weight excluding hydrogens is 459 g/mol. The number of anilines is 1. The van der Waals surface area contributed by atoms with Crippen molar-refractivity contribution in [3.05, 3.63) is 71.8 Å². The van der Waals surface area contributed by atoms with Gasteiger partial charge in [-0.15, -0.1) is 0 Å². The Labute approximate surface area is 208 Å². The lowest BCUT2D eigenvalue weighted by Gasteiger charge is -2.20. The lowest BCUT2D eigenvalue weighted by molar-refractivity contribution is -0.119. The minimum Gasteiger partial charge on any atom is -0.375 e. The van der Waals surface area contributed by atoms with Crippen molar-refractivity contribution in [2.45, 2.75) is 25.8 Å². The molecule has 0 saturated heterocycles. The number of hydrogen-bond acceptors (Lipinski definition) is 4. The molecule has 6 rings (SSSR count). The van der Waals surface area contributed by atoms with Crippen molar-refractivity contribution in [2.24, 2.45) is 23.2 Å². The summed E-state index contributed by atoms with van der Waals surface area (Å²) in [5, 5.41) is 5.97. The molecule has 1 aromatic heterocycles. The fourth-order valence-corrected chi connectivity index (χ4v) is 6.36. The Kier molecular flexibility index (Phi) is 5.63. The number of nitrogens with zero attached hydrogens (tertiary/aromatic N) is 2. The van der Waals surface area contributed by atoms with Crippen molar-refractivity contribution in [1.29, 1.82) is 0 Å². The van der Waals surface area contributed by atoms with E-state index in [1.54, 1.807) is 30.6 Å². The number of rotatable bonds is 8. The van der Waals surface area contributed by atoms with Gasteiger partial charge in [-0.3, -0.25) is 9.59 Å². The summed E-state index contributed by atoms with van der Waals surface area (Å²) in [6.07, 6.45) is 10.1. The van der Waals surface area contributed by atoms with Crippen LogP contribution >= 0.6 is 0 Å². The van der Waals surface area contributed by atoms with E-state index in [2.05, 4.69) is 27.8 Å².